The topological polar surface area (TPSA) is 61.4 Å². The van der Waals surface area contributed by atoms with Gasteiger partial charge in [-0.2, -0.15) is 0 Å². The molecule has 1 atom stereocenters. The van der Waals surface area contributed by atoms with Crippen molar-refractivity contribution in [3.05, 3.63) is 0 Å². The van der Waals surface area contributed by atoms with E-state index in [1.165, 1.54) is 12.8 Å². The molecule has 0 aromatic rings. The molecule has 1 rings (SSSR count). The number of rotatable bonds is 6. The average molecular weight is 228 g/mol. The fourth-order valence-corrected chi connectivity index (χ4v) is 2.01. The van der Waals surface area contributed by atoms with Crippen molar-refractivity contribution >= 4 is 5.91 Å². The maximum atomic E-state index is 11.5. The van der Waals surface area contributed by atoms with E-state index in [-0.39, 0.29) is 12.0 Å². The Bertz CT molecular complexity index is 201. The summed E-state index contributed by atoms with van der Waals surface area (Å²) in [6, 6.07) is 0. The van der Waals surface area contributed by atoms with E-state index in [0.29, 0.717) is 25.3 Å². The number of piperidine rings is 1. The van der Waals surface area contributed by atoms with Gasteiger partial charge in [0.25, 0.3) is 0 Å². The predicted molar refractivity (Wildman–Crippen MR) is 64.1 cm³/mol. The van der Waals surface area contributed by atoms with E-state index in [1.54, 1.807) is 6.92 Å². The number of hydrogen-bond acceptors (Lipinski definition) is 3. The fraction of sp³-hybridized carbons (Fsp3) is 0.917. The van der Waals surface area contributed by atoms with Crippen molar-refractivity contribution in [2.45, 2.75) is 45.1 Å². The third kappa shape index (κ3) is 6.08. The van der Waals surface area contributed by atoms with Crippen LogP contribution < -0.4 is 10.6 Å². The Hall–Kier alpha value is -0.610. The normalized spacial score (nSPS) is 19.4. The summed E-state index contributed by atoms with van der Waals surface area (Å²) in [6.45, 7) is 4.51. The first kappa shape index (κ1) is 13.5. The highest BCUT2D eigenvalue weighted by Crippen LogP contribution is 2.17. The maximum Gasteiger partial charge on any atom is 0.220 e. The molecule has 1 fully saturated rings. The average Bonchev–Trinajstić information content (AvgIpc) is 2.27. The number of aliphatic hydroxyl groups excluding tert-OH is 1. The predicted octanol–water partition coefficient (Wildman–Crippen LogP) is 0.653. The minimum Gasteiger partial charge on any atom is -0.393 e. The first-order valence-electron chi connectivity index (χ1n) is 6.34. The van der Waals surface area contributed by atoms with Gasteiger partial charge in [0, 0.05) is 13.0 Å². The van der Waals surface area contributed by atoms with E-state index < -0.39 is 0 Å². The highest BCUT2D eigenvalue weighted by molar-refractivity contribution is 5.75. The lowest BCUT2D eigenvalue weighted by molar-refractivity contribution is -0.121. The summed E-state index contributed by atoms with van der Waals surface area (Å²) in [4.78, 5) is 11.5. The van der Waals surface area contributed by atoms with Crippen LogP contribution in [0.3, 0.4) is 0 Å². The Labute approximate surface area is 97.8 Å². The molecular formula is C12H24N2O2. The number of aliphatic hydroxyl groups is 1. The van der Waals surface area contributed by atoms with Crippen molar-refractivity contribution in [3.8, 4) is 0 Å². The summed E-state index contributed by atoms with van der Waals surface area (Å²) in [5, 5.41) is 15.2. The molecule has 1 amide bonds. The molecule has 0 radical (unpaired) electrons. The van der Waals surface area contributed by atoms with Crippen LogP contribution in [0.2, 0.25) is 0 Å². The number of amides is 1. The van der Waals surface area contributed by atoms with E-state index in [0.717, 1.165) is 19.5 Å². The van der Waals surface area contributed by atoms with E-state index in [2.05, 4.69) is 10.6 Å². The Morgan fingerprint density at radius 3 is 2.81 bits per heavy atom. The third-order valence-electron chi connectivity index (χ3n) is 3.12. The van der Waals surface area contributed by atoms with Crippen molar-refractivity contribution in [1.82, 2.24) is 10.6 Å². The van der Waals surface area contributed by atoms with Crippen molar-refractivity contribution < 1.29 is 9.90 Å². The van der Waals surface area contributed by atoms with Gasteiger partial charge in [0.05, 0.1) is 6.10 Å². The van der Waals surface area contributed by atoms with Gasteiger partial charge in [0.2, 0.25) is 5.91 Å². The first-order valence-corrected chi connectivity index (χ1v) is 6.34. The molecule has 4 nitrogen and oxygen atoms in total. The Morgan fingerprint density at radius 1 is 1.50 bits per heavy atom. The molecule has 3 N–H and O–H groups in total. The van der Waals surface area contributed by atoms with Gasteiger partial charge < -0.3 is 15.7 Å². The summed E-state index contributed by atoms with van der Waals surface area (Å²) in [5.74, 6) is 0.836. The molecule has 0 spiro atoms. The minimum atomic E-state index is -0.329. The summed E-state index contributed by atoms with van der Waals surface area (Å²) in [7, 11) is 0. The fourth-order valence-electron chi connectivity index (χ4n) is 2.01. The van der Waals surface area contributed by atoms with Gasteiger partial charge in [-0.05, 0) is 51.6 Å². The molecule has 1 saturated heterocycles. The third-order valence-corrected chi connectivity index (χ3v) is 3.12. The lowest BCUT2D eigenvalue weighted by Crippen LogP contribution is -2.30. The number of carbonyl (C=O) groups excluding carboxylic acids is 1. The maximum absolute atomic E-state index is 11.5. The molecule has 94 valence electrons. The highest BCUT2D eigenvalue weighted by Gasteiger charge is 2.14. The Balaban J connectivity index is 2.00. The van der Waals surface area contributed by atoms with Crippen LogP contribution in [-0.4, -0.2) is 36.8 Å². The zero-order chi connectivity index (χ0) is 11.8. The van der Waals surface area contributed by atoms with Gasteiger partial charge in [-0.1, -0.05) is 0 Å². The summed E-state index contributed by atoms with van der Waals surface area (Å²) in [5.41, 5.74) is 0. The van der Waals surface area contributed by atoms with E-state index in [1.807, 2.05) is 0 Å². The standard InChI is InChI=1S/C12H24N2O2/c1-10(15)4-9-14-12(16)3-2-11-5-7-13-8-6-11/h10-11,13,15H,2-9H2,1H3,(H,14,16). The molecule has 0 aromatic heterocycles. The highest BCUT2D eigenvalue weighted by atomic mass is 16.3. The zero-order valence-electron chi connectivity index (χ0n) is 10.2. The number of nitrogens with one attached hydrogen (secondary N) is 2. The second kappa shape index (κ2) is 7.63. The smallest absolute Gasteiger partial charge is 0.220 e. The summed E-state index contributed by atoms with van der Waals surface area (Å²) < 4.78 is 0. The van der Waals surface area contributed by atoms with Crippen molar-refractivity contribution in [3.63, 3.8) is 0 Å². The van der Waals surface area contributed by atoms with Crippen LogP contribution in [0.5, 0.6) is 0 Å². The van der Waals surface area contributed by atoms with Gasteiger partial charge in [-0.25, -0.2) is 0 Å². The first-order chi connectivity index (χ1) is 7.68. The van der Waals surface area contributed by atoms with Crippen molar-refractivity contribution in [1.29, 1.82) is 0 Å². The van der Waals surface area contributed by atoms with Crippen LogP contribution >= 0.6 is 0 Å². The van der Waals surface area contributed by atoms with E-state index in [9.17, 15) is 4.79 Å². The zero-order valence-corrected chi connectivity index (χ0v) is 10.2. The molecule has 4 heteroatoms. The van der Waals surface area contributed by atoms with Gasteiger partial charge in [-0.3, -0.25) is 4.79 Å². The van der Waals surface area contributed by atoms with Crippen molar-refractivity contribution in [2.24, 2.45) is 5.92 Å². The second-order valence-corrected chi connectivity index (χ2v) is 4.72. The van der Waals surface area contributed by atoms with Crippen LogP contribution in [-0.2, 0) is 4.79 Å². The molecule has 1 aliphatic heterocycles. The van der Waals surface area contributed by atoms with Crippen LogP contribution in [0.4, 0.5) is 0 Å². The van der Waals surface area contributed by atoms with Crippen LogP contribution in [0.15, 0.2) is 0 Å². The second-order valence-electron chi connectivity index (χ2n) is 4.72. The molecule has 1 aliphatic rings. The van der Waals surface area contributed by atoms with E-state index in [4.69, 9.17) is 5.11 Å². The molecule has 0 saturated carbocycles. The van der Waals surface area contributed by atoms with Crippen LogP contribution in [0, 0.1) is 5.92 Å². The molecule has 1 unspecified atom stereocenters. The molecule has 0 aliphatic carbocycles. The van der Waals surface area contributed by atoms with E-state index >= 15 is 0 Å². The Morgan fingerprint density at radius 2 is 2.19 bits per heavy atom. The molecule has 0 bridgehead atoms. The molecular weight excluding hydrogens is 204 g/mol. The largest absolute Gasteiger partial charge is 0.393 e. The van der Waals surface area contributed by atoms with Crippen LogP contribution in [0.25, 0.3) is 0 Å². The lowest BCUT2D eigenvalue weighted by Gasteiger charge is -2.22. The number of carbonyl (C=O) groups is 1. The van der Waals surface area contributed by atoms with Gasteiger partial charge >= 0.3 is 0 Å². The summed E-state index contributed by atoms with van der Waals surface area (Å²) in [6.07, 6.45) is 4.33. The van der Waals surface area contributed by atoms with Gasteiger partial charge in [-0.15, -0.1) is 0 Å². The number of hydrogen-bond donors (Lipinski definition) is 3. The Kier molecular flexibility index (Phi) is 6.42. The lowest BCUT2D eigenvalue weighted by atomic mass is 9.93. The quantitative estimate of drug-likeness (QED) is 0.625. The van der Waals surface area contributed by atoms with Gasteiger partial charge in [0.15, 0.2) is 0 Å². The summed E-state index contributed by atoms with van der Waals surface area (Å²) >= 11 is 0. The van der Waals surface area contributed by atoms with Crippen LogP contribution in [0.1, 0.15) is 39.0 Å². The monoisotopic (exact) mass is 228 g/mol. The van der Waals surface area contributed by atoms with Crippen molar-refractivity contribution in [2.75, 3.05) is 19.6 Å². The van der Waals surface area contributed by atoms with Gasteiger partial charge in [0.1, 0.15) is 0 Å². The molecule has 16 heavy (non-hydrogen) atoms. The molecule has 0 aromatic carbocycles. The SMILES string of the molecule is CC(O)CCNC(=O)CCC1CCNCC1. The molecule has 1 heterocycles. The minimum absolute atomic E-state index is 0.124.